The monoisotopic (exact) mass is 433 g/mol. The third-order valence-electron chi connectivity index (χ3n) is 3.50. The van der Waals surface area contributed by atoms with Crippen molar-refractivity contribution in [3.05, 3.63) is 62.7 Å². The summed E-state index contributed by atoms with van der Waals surface area (Å²) in [6, 6.07) is 5.17. The second-order valence-electron chi connectivity index (χ2n) is 5.28. The first-order valence-corrected chi connectivity index (χ1v) is 7.95. The van der Waals surface area contributed by atoms with Gasteiger partial charge < -0.3 is 9.88 Å². The predicted molar refractivity (Wildman–Crippen MR) is 89.4 cm³/mol. The molecule has 0 amide bonds. The second kappa shape index (κ2) is 7.02. The van der Waals surface area contributed by atoms with Gasteiger partial charge in [-0.05, 0) is 30.3 Å². The van der Waals surface area contributed by atoms with Gasteiger partial charge in [0.15, 0.2) is 17.5 Å². The highest BCUT2D eigenvalue weighted by atomic mass is 79.9. The molecule has 2 aromatic carbocycles. The van der Waals surface area contributed by atoms with E-state index < -0.39 is 47.3 Å². The maximum atomic E-state index is 14.3. The zero-order valence-electron chi connectivity index (χ0n) is 12.7. The van der Waals surface area contributed by atoms with Gasteiger partial charge in [0.2, 0.25) is 0 Å². The Bertz CT molecular complexity index is 1020. The Morgan fingerprint density at radius 2 is 1.88 bits per heavy atom. The van der Waals surface area contributed by atoms with Crippen LogP contribution in [0.1, 0.15) is 0 Å². The molecule has 0 saturated carbocycles. The quantitative estimate of drug-likeness (QED) is 0.616. The third kappa shape index (κ3) is 3.55. The van der Waals surface area contributed by atoms with E-state index in [9.17, 15) is 26.7 Å². The van der Waals surface area contributed by atoms with E-state index in [0.29, 0.717) is 0 Å². The first-order chi connectivity index (χ1) is 12.3. The molecular formula is C16H9BrF5N3O. The van der Waals surface area contributed by atoms with Gasteiger partial charge in [0.1, 0.15) is 5.82 Å². The molecule has 0 saturated heterocycles. The normalized spacial score (nSPS) is 11.3. The Morgan fingerprint density at radius 1 is 1.15 bits per heavy atom. The third-order valence-corrected chi connectivity index (χ3v) is 3.96. The number of nitrogens with one attached hydrogen (secondary N) is 1. The minimum atomic E-state index is -2.93. The molecule has 0 atom stereocenters. The summed E-state index contributed by atoms with van der Waals surface area (Å²) in [7, 11) is 0. The summed E-state index contributed by atoms with van der Waals surface area (Å²) in [5.74, 6) is -3.91. The van der Waals surface area contributed by atoms with E-state index in [-0.39, 0.29) is 15.7 Å². The number of aromatic nitrogens is 2. The SMILES string of the molecule is O=c1nc(N(CC(F)F)c2cc(F)cc(Br)c2)c2c(F)c(F)ccc2[nH]1. The molecule has 0 aliphatic heterocycles. The molecule has 1 aromatic heterocycles. The van der Waals surface area contributed by atoms with Crippen molar-refractivity contribution in [2.75, 3.05) is 11.4 Å². The van der Waals surface area contributed by atoms with E-state index in [1.165, 1.54) is 6.07 Å². The molecule has 0 unspecified atom stereocenters. The van der Waals surface area contributed by atoms with E-state index in [4.69, 9.17) is 0 Å². The van der Waals surface area contributed by atoms with Crippen LogP contribution in [0.5, 0.6) is 0 Å². The zero-order valence-corrected chi connectivity index (χ0v) is 14.3. The maximum Gasteiger partial charge on any atom is 0.347 e. The standard InChI is InChI=1S/C16H9BrF5N3O/c17-7-3-8(18)5-9(4-7)25(6-12(20)21)15-13-11(23-16(26)24-15)2-1-10(19)14(13)22/h1-5,12H,6H2,(H,23,24,26). The van der Waals surface area contributed by atoms with Gasteiger partial charge >= 0.3 is 5.69 Å². The summed E-state index contributed by atoms with van der Waals surface area (Å²) in [4.78, 5) is 18.3. The summed E-state index contributed by atoms with van der Waals surface area (Å²) in [6.07, 6.45) is -2.93. The van der Waals surface area contributed by atoms with E-state index in [2.05, 4.69) is 25.9 Å². The van der Waals surface area contributed by atoms with Crippen molar-refractivity contribution in [3.8, 4) is 0 Å². The van der Waals surface area contributed by atoms with Crippen molar-refractivity contribution in [1.82, 2.24) is 9.97 Å². The van der Waals surface area contributed by atoms with Crippen LogP contribution in [0.25, 0.3) is 10.9 Å². The minimum Gasteiger partial charge on any atom is -0.320 e. The number of nitrogens with zero attached hydrogens (tertiary/aromatic N) is 2. The van der Waals surface area contributed by atoms with Gasteiger partial charge in [0, 0.05) is 10.2 Å². The Kier molecular flexibility index (Phi) is 4.94. The molecular weight excluding hydrogens is 425 g/mol. The second-order valence-corrected chi connectivity index (χ2v) is 6.19. The van der Waals surface area contributed by atoms with Crippen LogP contribution in [0.2, 0.25) is 0 Å². The van der Waals surface area contributed by atoms with Gasteiger partial charge in [0.25, 0.3) is 6.43 Å². The number of hydrogen-bond donors (Lipinski definition) is 1. The van der Waals surface area contributed by atoms with Crippen molar-refractivity contribution >= 4 is 38.3 Å². The van der Waals surface area contributed by atoms with Crippen molar-refractivity contribution in [2.45, 2.75) is 6.43 Å². The summed E-state index contributed by atoms with van der Waals surface area (Å²) in [6.45, 7) is -1.02. The Labute approximate surface area is 151 Å². The molecule has 26 heavy (non-hydrogen) atoms. The molecule has 0 aliphatic rings. The number of anilines is 2. The lowest BCUT2D eigenvalue weighted by Crippen LogP contribution is -2.28. The number of benzene rings is 2. The highest BCUT2D eigenvalue weighted by Gasteiger charge is 2.23. The molecule has 4 nitrogen and oxygen atoms in total. The Morgan fingerprint density at radius 3 is 2.54 bits per heavy atom. The molecule has 0 radical (unpaired) electrons. The van der Waals surface area contributed by atoms with Crippen molar-refractivity contribution < 1.29 is 22.0 Å². The fraction of sp³-hybridized carbons (Fsp3) is 0.125. The van der Waals surface area contributed by atoms with Crippen LogP contribution in [0, 0.1) is 17.5 Å². The molecule has 0 aliphatic carbocycles. The summed E-state index contributed by atoms with van der Waals surface area (Å²) in [5.41, 5.74) is -1.19. The van der Waals surface area contributed by atoms with Gasteiger partial charge in [0.05, 0.1) is 17.4 Å². The summed E-state index contributed by atoms with van der Waals surface area (Å²) < 4.78 is 68.1. The molecule has 1 N–H and O–H groups in total. The van der Waals surface area contributed by atoms with Crippen LogP contribution < -0.4 is 10.6 Å². The Balaban J connectivity index is 2.34. The first kappa shape index (κ1) is 18.3. The van der Waals surface area contributed by atoms with Crippen LogP contribution in [0.15, 0.2) is 39.6 Å². The summed E-state index contributed by atoms with van der Waals surface area (Å²) >= 11 is 3.03. The fourth-order valence-corrected chi connectivity index (χ4v) is 2.96. The van der Waals surface area contributed by atoms with Crippen LogP contribution in [0.3, 0.4) is 0 Å². The highest BCUT2D eigenvalue weighted by Crippen LogP contribution is 2.33. The highest BCUT2D eigenvalue weighted by molar-refractivity contribution is 9.10. The maximum absolute atomic E-state index is 14.3. The molecule has 1 heterocycles. The van der Waals surface area contributed by atoms with E-state index >= 15 is 0 Å². The van der Waals surface area contributed by atoms with E-state index in [1.54, 1.807) is 0 Å². The van der Waals surface area contributed by atoms with Crippen LogP contribution >= 0.6 is 15.9 Å². The minimum absolute atomic E-state index is 0.111. The average molecular weight is 434 g/mol. The molecule has 3 rings (SSSR count). The molecule has 0 bridgehead atoms. The number of fused-ring (bicyclic) bond motifs is 1. The number of hydrogen-bond acceptors (Lipinski definition) is 3. The van der Waals surface area contributed by atoms with Crippen molar-refractivity contribution in [2.24, 2.45) is 0 Å². The number of rotatable bonds is 4. The van der Waals surface area contributed by atoms with Crippen LogP contribution in [-0.2, 0) is 0 Å². The van der Waals surface area contributed by atoms with Crippen molar-refractivity contribution in [1.29, 1.82) is 0 Å². The van der Waals surface area contributed by atoms with Gasteiger partial charge in [-0.15, -0.1) is 0 Å². The van der Waals surface area contributed by atoms with Gasteiger partial charge in [-0.3, -0.25) is 0 Å². The molecule has 0 spiro atoms. The van der Waals surface area contributed by atoms with Crippen molar-refractivity contribution in [3.63, 3.8) is 0 Å². The first-order valence-electron chi connectivity index (χ1n) is 7.16. The fourth-order valence-electron chi connectivity index (χ4n) is 2.51. The molecule has 3 aromatic rings. The summed E-state index contributed by atoms with van der Waals surface area (Å²) in [5, 5.41) is -0.495. The van der Waals surface area contributed by atoms with Crippen LogP contribution in [-0.4, -0.2) is 22.9 Å². The van der Waals surface area contributed by atoms with Gasteiger partial charge in [-0.1, -0.05) is 15.9 Å². The topological polar surface area (TPSA) is 49.0 Å². The van der Waals surface area contributed by atoms with E-state index in [1.807, 2.05) is 0 Å². The molecule has 136 valence electrons. The molecule has 10 heteroatoms. The van der Waals surface area contributed by atoms with E-state index in [0.717, 1.165) is 29.2 Å². The predicted octanol–water partition coefficient (Wildman–Crippen LogP) is 4.51. The lowest BCUT2D eigenvalue weighted by molar-refractivity contribution is 0.157. The Hall–Kier alpha value is -2.49. The lowest BCUT2D eigenvalue weighted by atomic mass is 10.2. The average Bonchev–Trinajstić information content (AvgIpc) is 2.54. The number of alkyl halides is 2. The largest absolute Gasteiger partial charge is 0.347 e. The smallest absolute Gasteiger partial charge is 0.320 e. The number of aromatic amines is 1. The zero-order chi connectivity index (χ0) is 19.0. The number of halogens is 6. The lowest BCUT2D eigenvalue weighted by Gasteiger charge is -2.25. The van der Waals surface area contributed by atoms with Gasteiger partial charge in [-0.2, -0.15) is 4.98 Å². The number of H-pyrrole nitrogens is 1. The molecule has 0 fully saturated rings. The van der Waals surface area contributed by atoms with Gasteiger partial charge in [-0.25, -0.2) is 26.7 Å². The van der Waals surface area contributed by atoms with Crippen LogP contribution in [0.4, 0.5) is 33.5 Å².